The number of carbonyl (C=O) groups excluding carboxylic acids is 2. The third-order valence-corrected chi connectivity index (χ3v) is 12.3. The summed E-state index contributed by atoms with van der Waals surface area (Å²) in [7, 11) is 0. The smallest absolute Gasteiger partial charge is 0.328 e. The maximum atomic E-state index is 12.3. The van der Waals surface area contributed by atoms with E-state index in [9.17, 15) is 14.9 Å². The van der Waals surface area contributed by atoms with Crippen molar-refractivity contribution in [1.29, 1.82) is 5.26 Å². The number of anilines is 3. The van der Waals surface area contributed by atoms with E-state index < -0.39 is 6.04 Å². The second-order valence-corrected chi connectivity index (χ2v) is 15.8. The first kappa shape index (κ1) is 37.6. The van der Waals surface area contributed by atoms with Gasteiger partial charge in [-0.3, -0.25) is 19.9 Å². The zero-order chi connectivity index (χ0) is 39.8. The topological polar surface area (TPSA) is 201 Å². The summed E-state index contributed by atoms with van der Waals surface area (Å²) in [5, 5.41) is 29.9. The summed E-state index contributed by atoms with van der Waals surface area (Å²) in [4.78, 5) is 39.9. The number of pyridine rings is 2. The van der Waals surface area contributed by atoms with Crippen LogP contribution in [0, 0.1) is 17.2 Å². The van der Waals surface area contributed by atoms with Gasteiger partial charge in [0.2, 0.25) is 5.91 Å². The molecule has 9 rings (SSSR count). The Morgan fingerprint density at radius 1 is 1.00 bits per heavy atom. The molecule has 4 fully saturated rings. The van der Waals surface area contributed by atoms with Crippen LogP contribution >= 0.6 is 0 Å². The number of amides is 3. The van der Waals surface area contributed by atoms with E-state index in [2.05, 4.69) is 59.0 Å². The van der Waals surface area contributed by atoms with Crippen LogP contribution in [0.2, 0.25) is 0 Å². The predicted octanol–water partition coefficient (Wildman–Crippen LogP) is 3.88. The summed E-state index contributed by atoms with van der Waals surface area (Å²) in [5.41, 5.74) is 11.7. The van der Waals surface area contributed by atoms with E-state index >= 15 is 0 Å². The van der Waals surface area contributed by atoms with Crippen LogP contribution in [0.5, 0.6) is 0 Å². The molecule has 0 spiro atoms. The van der Waals surface area contributed by atoms with Gasteiger partial charge < -0.3 is 20.7 Å². The number of ether oxygens (including phenoxy) is 1. The molecular formula is C41H48N14O3. The second kappa shape index (κ2) is 16.1. The number of nitrogens with two attached hydrogens (primary N) is 1. The highest BCUT2D eigenvalue weighted by Gasteiger charge is 2.41. The van der Waals surface area contributed by atoms with Gasteiger partial charge in [0.1, 0.15) is 11.7 Å². The number of carbonyl (C=O) groups is 2. The number of urea groups is 1. The van der Waals surface area contributed by atoms with E-state index in [1.807, 2.05) is 30.5 Å². The molecule has 1 aliphatic carbocycles. The van der Waals surface area contributed by atoms with Crippen molar-refractivity contribution in [2.24, 2.45) is 11.7 Å². The summed E-state index contributed by atoms with van der Waals surface area (Å²) in [6, 6.07) is 14.0. The van der Waals surface area contributed by atoms with Gasteiger partial charge in [0.25, 0.3) is 0 Å². The number of hydrogen-bond acceptors (Lipinski definition) is 13. The molecule has 17 nitrogen and oxygen atoms in total. The van der Waals surface area contributed by atoms with Crippen LogP contribution in [0.15, 0.2) is 61.2 Å². The maximum absolute atomic E-state index is 12.3. The largest absolute Gasteiger partial charge is 0.378 e. The molecule has 1 aromatic carbocycles. The first-order valence-electron chi connectivity index (χ1n) is 20.3. The molecule has 4 N–H and O–H groups in total. The summed E-state index contributed by atoms with van der Waals surface area (Å²) in [6.07, 6.45) is 13.1. The number of benzene rings is 1. The fourth-order valence-electron chi connectivity index (χ4n) is 9.02. The zero-order valence-corrected chi connectivity index (χ0v) is 32.6. The van der Waals surface area contributed by atoms with Gasteiger partial charge in [0.15, 0.2) is 11.5 Å². The molecule has 3 amide bonds. The van der Waals surface area contributed by atoms with Gasteiger partial charge in [-0.1, -0.05) is 5.21 Å². The highest BCUT2D eigenvalue weighted by Crippen LogP contribution is 2.38. The number of aromatic nitrogens is 7. The Labute approximate surface area is 336 Å². The van der Waals surface area contributed by atoms with E-state index in [0.29, 0.717) is 66.8 Å². The number of fused-ring (bicyclic) bond motifs is 2. The van der Waals surface area contributed by atoms with Crippen molar-refractivity contribution >= 4 is 40.0 Å². The second-order valence-electron chi connectivity index (χ2n) is 15.8. The van der Waals surface area contributed by atoms with Crippen LogP contribution in [-0.2, 0) is 16.1 Å². The highest BCUT2D eigenvalue weighted by atomic mass is 16.5. The Kier molecular flexibility index (Phi) is 10.5. The van der Waals surface area contributed by atoms with Gasteiger partial charge in [-0.2, -0.15) is 15.0 Å². The molecule has 1 saturated carbocycles. The van der Waals surface area contributed by atoms with E-state index in [1.165, 1.54) is 0 Å². The fraction of sp³-hybridized carbons (Fsp3) is 0.463. The lowest BCUT2D eigenvalue weighted by molar-refractivity contribution is -0.120. The maximum Gasteiger partial charge on any atom is 0.328 e. The van der Waals surface area contributed by atoms with Crippen molar-refractivity contribution in [3.05, 3.63) is 72.4 Å². The third-order valence-electron chi connectivity index (χ3n) is 12.3. The molecule has 3 atom stereocenters. The van der Waals surface area contributed by atoms with Gasteiger partial charge in [0, 0.05) is 67.5 Å². The van der Waals surface area contributed by atoms with Gasteiger partial charge in [-0.15, -0.1) is 5.10 Å². The number of nitriles is 1. The molecule has 3 aliphatic heterocycles. The lowest BCUT2D eigenvalue weighted by Gasteiger charge is -2.45. The molecule has 3 saturated heterocycles. The SMILES string of the molecule is C[C@H](C#N)Nc1cc(-n2ncc3cc(CN)cnc32)ncc1-n1cc(C2CCC(CCN3CCN(c4ccc(N5CCC(=O)NC5=O)cc4)[C@@H]4COC[C@@H]43)CC2)nn1. The normalized spacial score (nSPS) is 23.1. The van der Waals surface area contributed by atoms with Crippen molar-refractivity contribution in [2.75, 3.05) is 54.5 Å². The minimum atomic E-state index is -0.452. The number of nitrogens with one attached hydrogen (secondary N) is 2. The van der Waals surface area contributed by atoms with E-state index in [-0.39, 0.29) is 18.0 Å². The van der Waals surface area contributed by atoms with Gasteiger partial charge in [0.05, 0.1) is 61.3 Å². The molecule has 0 unspecified atom stereocenters. The van der Waals surface area contributed by atoms with Crippen molar-refractivity contribution in [3.8, 4) is 17.6 Å². The predicted molar refractivity (Wildman–Crippen MR) is 217 cm³/mol. The average Bonchev–Trinajstić information content (AvgIpc) is 4.04. The third kappa shape index (κ3) is 7.46. The Morgan fingerprint density at radius 2 is 1.81 bits per heavy atom. The number of rotatable bonds is 11. The lowest BCUT2D eigenvalue weighted by atomic mass is 9.79. The lowest BCUT2D eigenvalue weighted by Crippen LogP contribution is -2.59. The first-order valence-corrected chi connectivity index (χ1v) is 20.3. The number of hydrogen-bond donors (Lipinski definition) is 3. The molecule has 300 valence electrons. The molecule has 0 bridgehead atoms. The van der Waals surface area contributed by atoms with E-state index in [4.69, 9.17) is 15.5 Å². The van der Waals surface area contributed by atoms with Crippen molar-refractivity contribution in [1.82, 2.24) is 45.0 Å². The van der Waals surface area contributed by atoms with Crippen LogP contribution in [-0.4, -0.2) is 109 Å². The summed E-state index contributed by atoms with van der Waals surface area (Å²) in [6.45, 7) is 7.00. The van der Waals surface area contributed by atoms with Gasteiger partial charge in [-0.25, -0.2) is 19.4 Å². The Bertz CT molecular complexity index is 2330. The van der Waals surface area contributed by atoms with Crippen LogP contribution in [0.25, 0.3) is 22.5 Å². The zero-order valence-electron chi connectivity index (χ0n) is 32.6. The van der Waals surface area contributed by atoms with E-state index in [0.717, 1.165) is 86.4 Å². The summed E-state index contributed by atoms with van der Waals surface area (Å²) < 4.78 is 9.49. The van der Waals surface area contributed by atoms with Crippen LogP contribution in [0.3, 0.4) is 0 Å². The van der Waals surface area contributed by atoms with Gasteiger partial charge >= 0.3 is 6.03 Å². The fourth-order valence-corrected chi connectivity index (χ4v) is 9.02. The van der Waals surface area contributed by atoms with Crippen molar-refractivity contribution in [2.45, 2.75) is 76.0 Å². The summed E-state index contributed by atoms with van der Waals surface area (Å²) >= 11 is 0. The molecule has 4 aromatic heterocycles. The first-order chi connectivity index (χ1) is 28.3. The Morgan fingerprint density at radius 3 is 2.60 bits per heavy atom. The quantitative estimate of drug-likeness (QED) is 0.174. The monoisotopic (exact) mass is 784 g/mol. The highest BCUT2D eigenvalue weighted by molar-refractivity contribution is 6.05. The molecule has 7 heterocycles. The number of nitrogens with zero attached hydrogens (tertiary/aromatic N) is 11. The van der Waals surface area contributed by atoms with Crippen molar-refractivity contribution in [3.63, 3.8) is 0 Å². The van der Waals surface area contributed by atoms with E-state index in [1.54, 1.807) is 39.8 Å². The standard InChI is InChI=1S/C41H48N14O3/c1-26(18-42)47-33-17-38(55-40-30(21-46-55)16-28(19-43)20-45-40)44-22-35(33)54-23-34(49-50-54)29-4-2-27(3-5-29)10-12-51-14-15-52(37-25-58-24-36(37)51)31-6-8-32(9-7-31)53-13-11-39(56)48-41(53)57/h6-9,16-17,20-23,26-27,29,36-37H,2-5,10-15,19,24-25,43H2,1H3,(H,44,47)(H,48,56,57)/t26-,27?,29?,36+,37-/m1/s1. The molecule has 0 radical (unpaired) electrons. The summed E-state index contributed by atoms with van der Waals surface area (Å²) in [5.74, 6) is 1.33. The molecule has 58 heavy (non-hydrogen) atoms. The minimum absolute atomic E-state index is 0.229. The van der Waals surface area contributed by atoms with Gasteiger partial charge in [-0.05, 0) is 87.4 Å². The van der Waals surface area contributed by atoms with Crippen LogP contribution in [0.4, 0.5) is 21.9 Å². The molecule has 17 heteroatoms. The van der Waals surface area contributed by atoms with Crippen LogP contribution < -0.4 is 26.2 Å². The van der Waals surface area contributed by atoms with Crippen molar-refractivity contribution < 1.29 is 14.3 Å². The Balaban J connectivity index is 0.805. The minimum Gasteiger partial charge on any atom is -0.378 e. The Hall–Kier alpha value is -5.96. The number of piperazine rings is 1. The molecule has 5 aromatic rings. The van der Waals surface area contributed by atoms with Crippen LogP contribution in [0.1, 0.15) is 62.6 Å². The number of imide groups is 1. The molecule has 4 aliphatic rings. The molecular weight excluding hydrogens is 737 g/mol. The average molecular weight is 785 g/mol.